The molecule has 0 radical (unpaired) electrons. The van der Waals surface area contributed by atoms with Crippen molar-refractivity contribution in [1.29, 1.82) is 0 Å². The highest BCUT2D eigenvalue weighted by molar-refractivity contribution is 5.93. The third-order valence-electron chi connectivity index (χ3n) is 3.09. The van der Waals surface area contributed by atoms with E-state index >= 15 is 0 Å². The van der Waals surface area contributed by atoms with Crippen molar-refractivity contribution >= 4 is 17.3 Å². The average molecular weight is 290 g/mol. The molecule has 0 spiro atoms. The molecule has 0 aliphatic heterocycles. The Bertz CT molecular complexity index is 671. The molecule has 2 aromatic carbocycles. The maximum absolute atomic E-state index is 13.4. The molecule has 0 heterocycles. The largest absolute Gasteiger partial charge is 0.376 e. The van der Waals surface area contributed by atoms with Crippen molar-refractivity contribution in [2.75, 3.05) is 17.2 Å². The predicted molar refractivity (Wildman–Crippen MR) is 79.4 cm³/mol. The molecule has 0 aromatic heterocycles. The SMILES string of the molecule is Cc1ccc(NC(=O)CNc2cc(F)ccc2C)cc1F. The van der Waals surface area contributed by atoms with E-state index in [-0.39, 0.29) is 24.1 Å². The van der Waals surface area contributed by atoms with E-state index in [1.807, 2.05) is 6.92 Å². The van der Waals surface area contributed by atoms with Crippen molar-refractivity contribution in [1.82, 2.24) is 0 Å². The lowest BCUT2D eigenvalue weighted by atomic mass is 10.2. The molecule has 0 aliphatic carbocycles. The monoisotopic (exact) mass is 290 g/mol. The highest BCUT2D eigenvalue weighted by atomic mass is 19.1. The summed E-state index contributed by atoms with van der Waals surface area (Å²) in [6.07, 6.45) is 0. The maximum Gasteiger partial charge on any atom is 0.243 e. The number of hydrogen-bond acceptors (Lipinski definition) is 2. The fourth-order valence-corrected chi connectivity index (χ4v) is 1.84. The number of carbonyl (C=O) groups is 1. The van der Waals surface area contributed by atoms with Gasteiger partial charge in [-0.05, 0) is 49.2 Å². The molecule has 5 heteroatoms. The molecule has 21 heavy (non-hydrogen) atoms. The van der Waals surface area contributed by atoms with Crippen molar-refractivity contribution in [3.63, 3.8) is 0 Å². The van der Waals surface area contributed by atoms with Gasteiger partial charge >= 0.3 is 0 Å². The van der Waals surface area contributed by atoms with Crippen LogP contribution >= 0.6 is 0 Å². The number of rotatable bonds is 4. The molecule has 0 saturated carbocycles. The molecule has 2 aromatic rings. The summed E-state index contributed by atoms with van der Waals surface area (Å²) in [6.45, 7) is 3.43. The minimum Gasteiger partial charge on any atom is -0.376 e. The molecular weight excluding hydrogens is 274 g/mol. The number of halogens is 2. The van der Waals surface area contributed by atoms with Crippen molar-refractivity contribution < 1.29 is 13.6 Å². The van der Waals surface area contributed by atoms with Gasteiger partial charge in [-0.1, -0.05) is 12.1 Å². The Morgan fingerprint density at radius 2 is 1.76 bits per heavy atom. The minimum atomic E-state index is -0.373. The summed E-state index contributed by atoms with van der Waals surface area (Å²) in [7, 11) is 0. The number of anilines is 2. The molecule has 0 fully saturated rings. The summed E-state index contributed by atoms with van der Waals surface area (Å²) in [5, 5.41) is 5.43. The van der Waals surface area contributed by atoms with Crippen molar-refractivity contribution in [3.8, 4) is 0 Å². The van der Waals surface area contributed by atoms with Crippen LogP contribution in [-0.2, 0) is 4.79 Å². The second-order valence-electron chi connectivity index (χ2n) is 4.82. The van der Waals surface area contributed by atoms with Gasteiger partial charge in [0.05, 0.1) is 6.54 Å². The Morgan fingerprint density at radius 3 is 2.48 bits per heavy atom. The van der Waals surface area contributed by atoms with Crippen molar-refractivity contribution in [3.05, 3.63) is 59.2 Å². The number of amides is 1. The zero-order valence-electron chi connectivity index (χ0n) is 11.8. The lowest BCUT2D eigenvalue weighted by Gasteiger charge is -2.10. The third-order valence-corrected chi connectivity index (χ3v) is 3.09. The first-order chi connectivity index (χ1) is 9.95. The van der Waals surface area contributed by atoms with Gasteiger partial charge in [0.1, 0.15) is 11.6 Å². The highest BCUT2D eigenvalue weighted by Gasteiger charge is 2.06. The van der Waals surface area contributed by atoms with E-state index < -0.39 is 0 Å². The van der Waals surface area contributed by atoms with E-state index in [9.17, 15) is 13.6 Å². The zero-order chi connectivity index (χ0) is 15.4. The second-order valence-corrected chi connectivity index (χ2v) is 4.82. The minimum absolute atomic E-state index is 0.0280. The quantitative estimate of drug-likeness (QED) is 0.902. The van der Waals surface area contributed by atoms with E-state index in [1.165, 1.54) is 18.2 Å². The highest BCUT2D eigenvalue weighted by Crippen LogP contribution is 2.16. The van der Waals surface area contributed by atoms with Crippen LogP contribution in [0, 0.1) is 25.5 Å². The Hall–Kier alpha value is -2.43. The number of aryl methyl sites for hydroxylation is 2. The van der Waals surface area contributed by atoms with Gasteiger partial charge in [0, 0.05) is 11.4 Å². The van der Waals surface area contributed by atoms with E-state index in [4.69, 9.17) is 0 Å². The summed E-state index contributed by atoms with van der Waals surface area (Å²) < 4.78 is 26.5. The molecule has 3 nitrogen and oxygen atoms in total. The van der Waals surface area contributed by atoms with E-state index in [0.717, 1.165) is 5.56 Å². The van der Waals surface area contributed by atoms with Gasteiger partial charge in [-0.2, -0.15) is 0 Å². The first-order valence-electron chi connectivity index (χ1n) is 6.52. The van der Waals surface area contributed by atoms with Gasteiger partial charge < -0.3 is 10.6 Å². The molecule has 0 unspecified atom stereocenters. The molecule has 0 aliphatic rings. The predicted octanol–water partition coefficient (Wildman–Crippen LogP) is 3.63. The average Bonchev–Trinajstić information content (AvgIpc) is 2.44. The molecule has 0 saturated heterocycles. The number of carbonyl (C=O) groups excluding carboxylic acids is 1. The number of hydrogen-bond donors (Lipinski definition) is 2. The van der Waals surface area contributed by atoms with Gasteiger partial charge in [-0.3, -0.25) is 4.79 Å². The van der Waals surface area contributed by atoms with Crippen LogP contribution in [-0.4, -0.2) is 12.5 Å². The molecule has 110 valence electrons. The molecule has 0 bridgehead atoms. The molecular formula is C16H16F2N2O. The topological polar surface area (TPSA) is 41.1 Å². The van der Waals surface area contributed by atoms with Crippen LogP contribution in [0.15, 0.2) is 36.4 Å². The smallest absolute Gasteiger partial charge is 0.243 e. The van der Waals surface area contributed by atoms with Gasteiger partial charge in [-0.25, -0.2) is 8.78 Å². The van der Waals surface area contributed by atoms with Crippen LogP contribution in [0.1, 0.15) is 11.1 Å². The standard InChI is InChI=1S/C16H16F2N2O/c1-10-4-6-13(8-14(10)18)20-16(21)9-19-15-7-12(17)5-3-11(15)2/h3-8,19H,9H2,1-2H3,(H,20,21). The van der Waals surface area contributed by atoms with Gasteiger partial charge in [0.25, 0.3) is 0 Å². The van der Waals surface area contributed by atoms with E-state index in [0.29, 0.717) is 16.9 Å². The first-order valence-corrected chi connectivity index (χ1v) is 6.52. The summed E-state index contributed by atoms with van der Waals surface area (Å²) in [5.74, 6) is -1.08. The van der Waals surface area contributed by atoms with Crippen LogP contribution < -0.4 is 10.6 Å². The fourth-order valence-electron chi connectivity index (χ4n) is 1.84. The number of nitrogens with one attached hydrogen (secondary N) is 2. The van der Waals surface area contributed by atoms with Gasteiger partial charge in [-0.15, -0.1) is 0 Å². The Labute approximate surface area is 122 Å². The fraction of sp³-hybridized carbons (Fsp3) is 0.188. The number of benzene rings is 2. The Morgan fingerprint density at radius 1 is 1.05 bits per heavy atom. The van der Waals surface area contributed by atoms with Crippen LogP contribution in [0.5, 0.6) is 0 Å². The molecule has 1 amide bonds. The van der Waals surface area contributed by atoms with Crippen molar-refractivity contribution in [2.45, 2.75) is 13.8 Å². The van der Waals surface area contributed by atoms with Crippen LogP contribution in [0.2, 0.25) is 0 Å². The normalized spacial score (nSPS) is 10.3. The molecule has 0 atom stereocenters. The summed E-state index contributed by atoms with van der Waals surface area (Å²) in [6, 6.07) is 8.80. The van der Waals surface area contributed by atoms with Crippen molar-refractivity contribution in [2.24, 2.45) is 0 Å². The first kappa shape index (κ1) is 15.0. The Balaban J connectivity index is 1.95. The lowest BCUT2D eigenvalue weighted by Crippen LogP contribution is -2.22. The second kappa shape index (κ2) is 6.35. The van der Waals surface area contributed by atoms with Gasteiger partial charge in [0.15, 0.2) is 0 Å². The maximum atomic E-state index is 13.4. The van der Waals surface area contributed by atoms with Crippen LogP contribution in [0.3, 0.4) is 0 Å². The lowest BCUT2D eigenvalue weighted by molar-refractivity contribution is -0.114. The van der Waals surface area contributed by atoms with Crippen LogP contribution in [0.25, 0.3) is 0 Å². The third kappa shape index (κ3) is 4.02. The Kier molecular flexibility index (Phi) is 4.52. The summed E-state index contributed by atoms with van der Waals surface area (Å²) in [4.78, 5) is 11.8. The van der Waals surface area contributed by atoms with E-state index in [2.05, 4.69) is 10.6 Å². The summed E-state index contributed by atoms with van der Waals surface area (Å²) >= 11 is 0. The summed E-state index contributed by atoms with van der Waals surface area (Å²) in [5.41, 5.74) is 2.30. The zero-order valence-corrected chi connectivity index (χ0v) is 11.8. The van der Waals surface area contributed by atoms with Gasteiger partial charge in [0.2, 0.25) is 5.91 Å². The molecule has 2 rings (SSSR count). The molecule has 2 N–H and O–H groups in total. The van der Waals surface area contributed by atoms with Crippen LogP contribution in [0.4, 0.5) is 20.2 Å². The van der Waals surface area contributed by atoms with E-state index in [1.54, 1.807) is 25.1 Å².